The number of nitrogens with zero attached hydrogens (tertiary/aromatic N) is 1. The van der Waals surface area contributed by atoms with Crippen molar-refractivity contribution in [1.29, 1.82) is 0 Å². The van der Waals surface area contributed by atoms with Gasteiger partial charge in [0, 0.05) is 19.3 Å². The van der Waals surface area contributed by atoms with Crippen LogP contribution in [-0.2, 0) is 4.74 Å². The fourth-order valence-electron chi connectivity index (χ4n) is 1.73. The summed E-state index contributed by atoms with van der Waals surface area (Å²) in [4.78, 5) is 4.24. The lowest BCUT2D eigenvalue weighted by Gasteiger charge is -2.35. The van der Waals surface area contributed by atoms with E-state index in [0.29, 0.717) is 12.1 Å². The van der Waals surface area contributed by atoms with Crippen LogP contribution in [0.4, 0.5) is 5.69 Å². The van der Waals surface area contributed by atoms with Crippen molar-refractivity contribution in [3.8, 4) is 0 Å². The zero-order valence-corrected chi connectivity index (χ0v) is 8.66. The van der Waals surface area contributed by atoms with Gasteiger partial charge in [-0.1, -0.05) is 0 Å². The Morgan fingerprint density at radius 1 is 1.50 bits per heavy atom. The van der Waals surface area contributed by atoms with Crippen LogP contribution in [0.3, 0.4) is 0 Å². The summed E-state index contributed by atoms with van der Waals surface area (Å²) >= 11 is 0. The fourth-order valence-corrected chi connectivity index (χ4v) is 1.73. The van der Waals surface area contributed by atoms with E-state index < -0.39 is 0 Å². The van der Waals surface area contributed by atoms with E-state index in [1.54, 1.807) is 7.11 Å². The minimum absolute atomic E-state index is 0.449. The Labute approximate surface area is 84.5 Å². The van der Waals surface area contributed by atoms with Gasteiger partial charge < -0.3 is 10.1 Å². The molecule has 1 N–H and O–H groups in total. The Bertz CT molecular complexity index is 308. The summed E-state index contributed by atoms with van der Waals surface area (Å²) in [6.07, 6.45) is 4.47. The number of pyridine rings is 1. The molecule has 0 atom stereocenters. The van der Waals surface area contributed by atoms with Crippen molar-refractivity contribution in [1.82, 2.24) is 4.98 Å². The van der Waals surface area contributed by atoms with E-state index in [9.17, 15) is 0 Å². The summed E-state index contributed by atoms with van der Waals surface area (Å²) in [5.74, 6) is 0. The standard InChI is InChI=1S/C11H16N2O/c1-8-11(4-3-5-12-8)13-9-6-10(7-9)14-2/h3-5,9-10,13H,6-7H2,1-2H3. The van der Waals surface area contributed by atoms with Gasteiger partial charge in [0.15, 0.2) is 0 Å². The molecule has 1 heterocycles. The molecule has 2 rings (SSSR count). The van der Waals surface area contributed by atoms with Gasteiger partial charge in [-0.05, 0) is 31.9 Å². The lowest BCUT2D eigenvalue weighted by atomic mass is 9.89. The van der Waals surface area contributed by atoms with Gasteiger partial charge in [-0.2, -0.15) is 0 Å². The number of methoxy groups -OCH3 is 1. The topological polar surface area (TPSA) is 34.1 Å². The summed E-state index contributed by atoms with van der Waals surface area (Å²) in [6, 6.07) is 4.59. The van der Waals surface area contributed by atoms with Gasteiger partial charge in [0.1, 0.15) is 0 Å². The summed E-state index contributed by atoms with van der Waals surface area (Å²) < 4.78 is 5.23. The summed E-state index contributed by atoms with van der Waals surface area (Å²) in [5.41, 5.74) is 2.21. The van der Waals surface area contributed by atoms with E-state index >= 15 is 0 Å². The van der Waals surface area contributed by atoms with Crippen molar-refractivity contribution in [2.24, 2.45) is 0 Å². The van der Waals surface area contributed by atoms with Crippen molar-refractivity contribution in [3.63, 3.8) is 0 Å². The highest BCUT2D eigenvalue weighted by molar-refractivity contribution is 5.47. The Hall–Kier alpha value is -1.09. The van der Waals surface area contributed by atoms with E-state index in [-0.39, 0.29) is 0 Å². The van der Waals surface area contributed by atoms with Gasteiger partial charge in [-0.25, -0.2) is 0 Å². The van der Waals surface area contributed by atoms with Crippen LogP contribution in [0.1, 0.15) is 18.5 Å². The predicted octanol–water partition coefficient (Wildman–Crippen LogP) is 1.98. The molecule has 0 aliphatic heterocycles. The Morgan fingerprint density at radius 3 is 2.93 bits per heavy atom. The first-order valence-corrected chi connectivity index (χ1v) is 5.00. The number of anilines is 1. The molecule has 1 aromatic rings. The van der Waals surface area contributed by atoms with Gasteiger partial charge >= 0.3 is 0 Å². The lowest BCUT2D eigenvalue weighted by molar-refractivity contribution is 0.0328. The Balaban J connectivity index is 1.90. The van der Waals surface area contributed by atoms with E-state index in [2.05, 4.69) is 16.4 Å². The molecule has 0 aromatic carbocycles. The number of aromatic nitrogens is 1. The normalized spacial score (nSPS) is 25.6. The van der Waals surface area contributed by atoms with Crippen LogP contribution >= 0.6 is 0 Å². The molecule has 1 aliphatic rings. The second-order valence-electron chi connectivity index (χ2n) is 3.81. The average molecular weight is 192 g/mol. The first-order valence-electron chi connectivity index (χ1n) is 5.00. The third-order valence-corrected chi connectivity index (χ3v) is 2.79. The van der Waals surface area contributed by atoms with E-state index in [0.717, 1.165) is 24.2 Å². The lowest BCUT2D eigenvalue weighted by Crippen LogP contribution is -2.40. The Kier molecular flexibility index (Phi) is 2.68. The van der Waals surface area contributed by atoms with E-state index in [1.807, 2.05) is 19.2 Å². The zero-order chi connectivity index (χ0) is 9.97. The first kappa shape index (κ1) is 9.46. The van der Waals surface area contributed by atoms with Crippen LogP contribution in [0.15, 0.2) is 18.3 Å². The second kappa shape index (κ2) is 3.96. The Morgan fingerprint density at radius 2 is 2.29 bits per heavy atom. The van der Waals surface area contributed by atoms with Crippen LogP contribution in [-0.4, -0.2) is 24.2 Å². The highest BCUT2D eigenvalue weighted by Crippen LogP contribution is 2.26. The molecule has 3 heteroatoms. The maximum absolute atomic E-state index is 5.23. The van der Waals surface area contributed by atoms with Crippen LogP contribution in [0.2, 0.25) is 0 Å². The smallest absolute Gasteiger partial charge is 0.0610 e. The summed E-state index contributed by atoms with van der Waals surface area (Å²) in [5, 5.41) is 3.47. The minimum Gasteiger partial charge on any atom is -0.381 e. The molecular formula is C11H16N2O. The summed E-state index contributed by atoms with van der Waals surface area (Å²) in [7, 11) is 1.77. The average Bonchev–Trinajstić information content (AvgIpc) is 2.13. The second-order valence-corrected chi connectivity index (χ2v) is 3.81. The van der Waals surface area contributed by atoms with Crippen molar-refractivity contribution in [3.05, 3.63) is 24.0 Å². The largest absolute Gasteiger partial charge is 0.381 e. The molecule has 0 unspecified atom stereocenters. The fraction of sp³-hybridized carbons (Fsp3) is 0.545. The molecule has 1 aromatic heterocycles. The van der Waals surface area contributed by atoms with Crippen molar-refractivity contribution < 1.29 is 4.74 Å². The number of hydrogen-bond acceptors (Lipinski definition) is 3. The van der Waals surface area contributed by atoms with Crippen molar-refractivity contribution in [2.45, 2.75) is 31.9 Å². The highest BCUT2D eigenvalue weighted by atomic mass is 16.5. The van der Waals surface area contributed by atoms with Crippen LogP contribution < -0.4 is 5.32 Å². The van der Waals surface area contributed by atoms with Crippen LogP contribution in [0.5, 0.6) is 0 Å². The van der Waals surface area contributed by atoms with Gasteiger partial charge in [-0.15, -0.1) is 0 Å². The quantitative estimate of drug-likeness (QED) is 0.795. The molecule has 0 spiro atoms. The number of ether oxygens (including phenoxy) is 1. The number of rotatable bonds is 3. The van der Waals surface area contributed by atoms with Gasteiger partial charge in [0.25, 0.3) is 0 Å². The third kappa shape index (κ3) is 1.87. The molecule has 0 radical (unpaired) electrons. The summed E-state index contributed by atoms with van der Waals surface area (Å²) in [6.45, 7) is 2.02. The number of aryl methyl sites for hydroxylation is 1. The van der Waals surface area contributed by atoms with Gasteiger partial charge in [0.05, 0.1) is 17.5 Å². The van der Waals surface area contributed by atoms with Crippen molar-refractivity contribution in [2.75, 3.05) is 12.4 Å². The third-order valence-electron chi connectivity index (χ3n) is 2.79. The van der Waals surface area contributed by atoms with Crippen LogP contribution in [0.25, 0.3) is 0 Å². The number of nitrogens with one attached hydrogen (secondary N) is 1. The molecule has 76 valence electrons. The zero-order valence-electron chi connectivity index (χ0n) is 8.66. The van der Waals surface area contributed by atoms with E-state index in [1.165, 1.54) is 0 Å². The number of hydrogen-bond donors (Lipinski definition) is 1. The van der Waals surface area contributed by atoms with Crippen LogP contribution in [0, 0.1) is 6.92 Å². The maximum Gasteiger partial charge on any atom is 0.0610 e. The van der Waals surface area contributed by atoms with Gasteiger partial charge in [-0.3, -0.25) is 4.98 Å². The molecule has 1 aliphatic carbocycles. The predicted molar refractivity (Wildman–Crippen MR) is 56.4 cm³/mol. The minimum atomic E-state index is 0.449. The molecule has 1 saturated carbocycles. The first-order chi connectivity index (χ1) is 6.79. The molecule has 0 amide bonds. The molecular weight excluding hydrogens is 176 g/mol. The molecule has 0 bridgehead atoms. The molecule has 1 fully saturated rings. The van der Waals surface area contributed by atoms with Crippen molar-refractivity contribution >= 4 is 5.69 Å². The highest BCUT2D eigenvalue weighted by Gasteiger charge is 2.28. The molecule has 3 nitrogen and oxygen atoms in total. The SMILES string of the molecule is COC1CC(Nc2cccnc2C)C1. The van der Waals surface area contributed by atoms with E-state index in [4.69, 9.17) is 4.74 Å². The molecule has 14 heavy (non-hydrogen) atoms. The maximum atomic E-state index is 5.23. The molecule has 0 saturated heterocycles. The monoisotopic (exact) mass is 192 g/mol. The van der Waals surface area contributed by atoms with Gasteiger partial charge in [0.2, 0.25) is 0 Å².